The molecule has 0 aromatic heterocycles. The summed E-state index contributed by atoms with van der Waals surface area (Å²) in [5.41, 5.74) is 3.31. The predicted octanol–water partition coefficient (Wildman–Crippen LogP) is 3.09. The molecule has 0 saturated carbocycles. The fourth-order valence-electron chi connectivity index (χ4n) is 3.24. The predicted molar refractivity (Wildman–Crippen MR) is 88.2 cm³/mol. The molecule has 3 rings (SSSR count). The van der Waals surface area contributed by atoms with E-state index in [1.807, 2.05) is 24.3 Å². The van der Waals surface area contributed by atoms with Gasteiger partial charge in [-0.25, -0.2) is 0 Å². The highest BCUT2D eigenvalue weighted by molar-refractivity contribution is 5.31. The Morgan fingerprint density at radius 3 is 2.55 bits per heavy atom. The van der Waals surface area contributed by atoms with Crippen LogP contribution in [-0.4, -0.2) is 24.5 Å². The number of nitrogens with zero attached hydrogens (tertiary/aromatic N) is 2. The Kier molecular flexibility index (Phi) is 4.53. The van der Waals surface area contributed by atoms with Crippen LogP contribution in [0.5, 0.6) is 0 Å². The number of nitriles is 1. The average molecular weight is 291 g/mol. The van der Waals surface area contributed by atoms with Crippen molar-refractivity contribution >= 4 is 0 Å². The van der Waals surface area contributed by atoms with Gasteiger partial charge in [-0.15, -0.1) is 0 Å². The molecule has 0 aliphatic carbocycles. The number of hydrogen-bond donors (Lipinski definition) is 1. The Morgan fingerprint density at radius 1 is 1.14 bits per heavy atom. The summed E-state index contributed by atoms with van der Waals surface area (Å²) in [6, 6.07) is 21.6. The van der Waals surface area contributed by atoms with Crippen LogP contribution >= 0.6 is 0 Å². The first-order chi connectivity index (χ1) is 10.8. The fraction of sp³-hybridized carbons (Fsp3) is 0.316. The smallest absolute Gasteiger partial charge is 0.0991 e. The molecule has 0 amide bonds. The molecule has 1 saturated heterocycles. The number of likely N-dealkylation sites (N-methyl/N-ethyl adjacent to an activating group) is 1. The Balaban J connectivity index is 1.67. The molecule has 1 fully saturated rings. The summed E-state index contributed by atoms with van der Waals surface area (Å²) >= 11 is 0. The van der Waals surface area contributed by atoms with Crippen molar-refractivity contribution in [3.8, 4) is 6.07 Å². The van der Waals surface area contributed by atoms with Crippen LogP contribution < -0.4 is 5.32 Å². The van der Waals surface area contributed by atoms with Crippen molar-refractivity contribution in [3.05, 3.63) is 71.3 Å². The summed E-state index contributed by atoms with van der Waals surface area (Å²) in [6.45, 7) is 1.96. The minimum absolute atomic E-state index is 0.430. The van der Waals surface area contributed by atoms with Crippen LogP contribution in [0.15, 0.2) is 54.6 Å². The van der Waals surface area contributed by atoms with E-state index in [1.165, 1.54) is 11.1 Å². The quantitative estimate of drug-likeness (QED) is 0.941. The number of likely N-dealkylation sites (tertiary alicyclic amines) is 1. The Morgan fingerprint density at radius 2 is 1.86 bits per heavy atom. The maximum Gasteiger partial charge on any atom is 0.0991 e. The van der Waals surface area contributed by atoms with E-state index >= 15 is 0 Å². The molecule has 3 nitrogen and oxygen atoms in total. The molecule has 1 N–H and O–H groups in total. The van der Waals surface area contributed by atoms with Gasteiger partial charge in [0, 0.05) is 25.2 Å². The topological polar surface area (TPSA) is 39.1 Å². The Labute approximate surface area is 132 Å². The molecule has 1 aliphatic rings. The number of hydrogen-bond acceptors (Lipinski definition) is 3. The van der Waals surface area contributed by atoms with Gasteiger partial charge in [-0.05, 0) is 36.7 Å². The zero-order valence-electron chi connectivity index (χ0n) is 12.9. The van der Waals surface area contributed by atoms with Gasteiger partial charge in [-0.3, -0.25) is 4.90 Å². The van der Waals surface area contributed by atoms with Gasteiger partial charge in [0.05, 0.1) is 11.6 Å². The van der Waals surface area contributed by atoms with Crippen molar-refractivity contribution in [3.63, 3.8) is 0 Å². The zero-order chi connectivity index (χ0) is 15.4. The third kappa shape index (κ3) is 3.19. The summed E-state index contributed by atoms with van der Waals surface area (Å²) in [4.78, 5) is 2.42. The maximum atomic E-state index is 8.85. The molecule has 0 unspecified atom stereocenters. The van der Waals surface area contributed by atoms with Gasteiger partial charge in [0.25, 0.3) is 0 Å². The molecule has 3 heteroatoms. The van der Waals surface area contributed by atoms with Crippen molar-refractivity contribution < 1.29 is 0 Å². The summed E-state index contributed by atoms with van der Waals surface area (Å²) in [5, 5.41) is 12.5. The lowest BCUT2D eigenvalue weighted by Gasteiger charge is -2.26. The molecule has 2 aromatic carbocycles. The standard InChI is InChI=1S/C19H21N3/c1-22-12-11-18(19(22)17-5-3-2-4-6-17)21-14-16-9-7-15(13-20)8-10-16/h2-10,18-19,21H,11-12,14H2,1H3/t18-,19-/m1/s1. The molecule has 0 radical (unpaired) electrons. The Bertz CT molecular complexity index is 643. The normalized spacial score (nSPS) is 21.6. The maximum absolute atomic E-state index is 8.85. The highest BCUT2D eigenvalue weighted by atomic mass is 15.2. The van der Waals surface area contributed by atoms with E-state index in [4.69, 9.17) is 5.26 Å². The van der Waals surface area contributed by atoms with Gasteiger partial charge < -0.3 is 5.32 Å². The van der Waals surface area contributed by atoms with Crippen molar-refractivity contribution in [1.82, 2.24) is 10.2 Å². The summed E-state index contributed by atoms with van der Waals surface area (Å²) in [6.07, 6.45) is 1.16. The van der Waals surface area contributed by atoms with E-state index in [1.54, 1.807) is 0 Å². The Hall–Kier alpha value is -2.15. The zero-order valence-corrected chi connectivity index (χ0v) is 12.9. The number of nitrogens with one attached hydrogen (secondary N) is 1. The van der Waals surface area contributed by atoms with Crippen molar-refractivity contribution in [2.75, 3.05) is 13.6 Å². The second-order valence-corrected chi connectivity index (χ2v) is 5.92. The van der Waals surface area contributed by atoms with E-state index in [0.29, 0.717) is 17.6 Å². The molecule has 0 spiro atoms. The van der Waals surface area contributed by atoms with E-state index < -0.39 is 0 Å². The second-order valence-electron chi connectivity index (χ2n) is 5.92. The highest BCUT2D eigenvalue weighted by Gasteiger charge is 2.32. The highest BCUT2D eigenvalue weighted by Crippen LogP contribution is 2.30. The molecular weight excluding hydrogens is 270 g/mol. The third-order valence-electron chi connectivity index (χ3n) is 4.44. The first kappa shape index (κ1) is 14.8. The van der Waals surface area contributed by atoms with E-state index in [9.17, 15) is 0 Å². The van der Waals surface area contributed by atoms with Crippen LogP contribution in [0.2, 0.25) is 0 Å². The lowest BCUT2D eigenvalue weighted by Crippen LogP contribution is -2.34. The number of benzene rings is 2. The average Bonchev–Trinajstić information content (AvgIpc) is 2.95. The first-order valence-electron chi connectivity index (χ1n) is 7.75. The first-order valence-corrected chi connectivity index (χ1v) is 7.75. The van der Waals surface area contributed by atoms with Crippen molar-refractivity contribution in [1.29, 1.82) is 5.26 Å². The minimum Gasteiger partial charge on any atom is -0.308 e. The molecule has 2 atom stereocenters. The van der Waals surface area contributed by atoms with Crippen LogP contribution in [0.3, 0.4) is 0 Å². The minimum atomic E-state index is 0.430. The molecule has 112 valence electrons. The summed E-state index contributed by atoms with van der Waals surface area (Å²) in [7, 11) is 2.20. The lowest BCUT2D eigenvalue weighted by atomic mass is 10.00. The van der Waals surface area contributed by atoms with E-state index in [2.05, 4.69) is 53.7 Å². The SMILES string of the molecule is CN1CC[C@@H](NCc2ccc(C#N)cc2)[C@H]1c1ccccc1. The monoisotopic (exact) mass is 291 g/mol. The number of rotatable bonds is 4. The third-order valence-corrected chi connectivity index (χ3v) is 4.44. The fourth-order valence-corrected chi connectivity index (χ4v) is 3.24. The van der Waals surface area contributed by atoms with Gasteiger partial charge >= 0.3 is 0 Å². The van der Waals surface area contributed by atoms with Gasteiger partial charge in [0.2, 0.25) is 0 Å². The van der Waals surface area contributed by atoms with Crippen LogP contribution in [0.25, 0.3) is 0 Å². The summed E-state index contributed by atoms with van der Waals surface area (Å²) in [5.74, 6) is 0. The molecular formula is C19H21N3. The van der Waals surface area contributed by atoms with Gasteiger partial charge in [0.15, 0.2) is 0 Å². The van der Waals surface area contributed by atoms with Crippen LogP contribution in [0.4, 0.5) is 0 Å². The summed E-state index contributed by atoms with van der Waals surface area (Å²) < 4.78 is 0. The van der Waals surface area contributed by atoms with Crippen molar-refractivity contribution in [2.24, 2.45) is 0 Å². The van der Waals surface area contributed by atoms with Crippen molar-refractivity contribution in [2.45, 2.75) is 25.0 Å². The second kappa shape index (κ2) is 6.74. The van der Waals surface area contributed by atoms with Gasteiger partial charge in [-0.2, -0.15) is 5.26 Å². The van der Waals surface area contributed by atoms with Gasteiger partial charge in [0.1, 0.15) is 0 Å². The van der Waals surface area contributed by atoms with Crippen LogP contribution in [0.1, 0.15) is 29.2 Å². The molecule has 2 aromatic rings. The molecule has 1 aliphatic heterocycles. The molecule has 1 heterocycles. The van der Waals surface area contributed by atoms with E-state index in [-0.39, 0.29) is 0 Å². The largest absolute Gasteiger partial charge is 0.308 e. The molecule has 22 heavy (non-hydrogen) atoms. The van der Waals surface area contributed by atoms with Crippen LogP contribution in [-0.2, 0) is 6.54 Å². The lowest BCUT2D eigenvalue weighted by molar-refractivity contribution is 0.286. The van der Waals surface area contributed by atoms with Gasteiger partial charge in [-0.1, -0.05) is 42.5 Å². The molecule has 0 bridgehead atoms. The van der Waals surface area contributed by atoms with Crippen LogP contribution in [0, 0.1) is 11.3 Å². The van der Waals surface area contributed by atoms with E-state index in [0.717, 1.165) is 19.5 Å².